The van der Waals surface area contributed by atoms with Crippen molar-refractivity contribution >= 4 is 28.9 Å². The summed E-state index contributed by atoms with van der Waals surface area (Å²) in [5.74, 6) is -0.605. The van der Waals surface area contributed by atoms with Crippen molar-refractivity contribution in [3.63, 3.8) is 0 Å². The number of nitrogens with zero attached hydrogens (tertiary/aromatic N) is 2. The fourth-order valence-electron chi connectivity index (χ4n) is 2.10. The van der Waals surface area contributed by atoms with E-state index in [0.717, 1.165) is 5.56 Å². The van der Waals surface area contributed by atoms with Gasteiger partial charge in [0.15, 0.2) is 0 Å². The number of nitro benzene ring substituents is 1. The molecule has 0 saturated heterocycles. The van der Waals surface area contributed by atoms with Crippen molar-refractivity contribution in [2.24, 2.45) is 0 Å². The van der Waals surface area contributed by atoms with Gasteiger partial charge in [0.1, 0.15) is 11.6 Å². The van der Waals surface area contributed by atoms with Gasteiger partial charge < -0.3 is 10.6 Å². The van der Waals surface area contributed by atoms with Crippen LogP contribution >= 0.6 is 11.6 Å². The first kappa shape index (κ1) is 19.0. The highest BCUT2D eigenvalue weighted by Gasteiger charge is 2.10. The molecule has 0 atom stereocenters. The second-order valence-electron chi connectivity index (χ2n) is 5.22. The standard InChI is InChI=1S/C18H15ClN4O3/c19-17-4-2-1-3-13(17)9-10-21-12-14(11-20)18(24)22-15-5-7-16(8-6-15)23(25)26/h1-8,12,21H,9-10H2,(H,22,24)/b14-12-. The molecular weight excluding hydrogens is 356 g/mol. The lowest BCUT2D eigenvalue weighted by atomic mass is 10.1. The van der Waals surface area contributed by atoms with Crippen molar-refractivity contribution < 1.29 is 9.72 Å². The first-order valence-corrected chi connectivity index (χ1v) is 8.02. The van der Waals surface area contributed by atoms with E-state index in [2.05, 4.69) is 10.6 Å². The normalized spacial score (nSPS) is 10.7. The van der Waals surface area contributed by atoms with Crippen molar-refractivity contribution in [2.75, 3.05) is 11.9 Å². The van der Waals surface area contributed by atoms with Gasteiger partial charge in [-0.3, -0.25) is 14.9 Å². The minimum Gasteiger partial charge on any atom is -0.389 e. The number of amides is 1. The lowest BCUT2D eigenvalue weighted by Crippen LogP contribution is -2.18. The van der Waals surface area contributed by atoms with E-state index in [1.54, 1.807) is 6.07 Å². The quantitative estimate of drug-likeness (QED) is 0.255. The summed E-state index contributed by atoms with van der Waals surface area (Å²) in [6.45, 7) is 0.500. The van der Waals surface area contributed by atoms with Crippen LogP contribution in [0.15, 0.2) is 60.3 Å². The molecule has 2 rings (SSSR count). The minimum atomic E-state index is -0.605. The van der Waals surface area contributed by atoms with Gasteiger partial charge in [-0.2, -0.15) is 5.26 Å². The van der Waals surface area contributed by atoms with Gasteiger partial charge in [-0.05, 0) is 30.2 Å². The van der Waals surface area contributed by atoms with Crippen molar-refractivity contribution in [2.45, 2.75) is 6.42 Å². The SMILES string of the molecule is N#C/C(=C/NCCc1ccccc1Cl)C(=O)Nc1ccc([N+](=O)[O-])cc1. The molecule has 1 amide bonds. The monoisotopic (exact) mass is 370 g/mol. The van der Waals surface area contributed by atoms with Crippen molar-refractivity contribution in [1.29, 1.82) is 5.26 Å². The third-order valence-corrected chi connectivity index (χ3v) is 3.81. The Hall–Kier alpha value is -3.37. The number of carbonyl (C=O) groups excluding carboxylic acids is 1. The summed E-state index contributed by atoms with van der Waals surface area (Å²) in [5.41, 5.74) is 1.13. The highest BCUT2D eigenvalue weighted by atomic mass is 35.5. The Bertz CT molecular complexity index is 873. The zero-order valence-corrected chi connectivity index (χ0v) is 14.4. The van der Waals surface area contributed by atoms with Crippen molar-refractivity contribution in [3.05, 3.63) is 81.0 Å². The number of carbonyl (C=O) groups is 1. The molecule has 0 aliphatic carbocycles. The Morgan fingerprint density at radius 2 is 1.92 bits per heavy atom. The highest BCUT2D eigenvalue weighted by Crippen LogP contribution is 2.16. The Morgan fingerprint density at radius 1 is 1.23 bits per heavy atom. The average molecular weight is 371 g/mol. The summed E-state index contributed by atoms with van der Waals surface area (Å²) < 4.78 is 0. The second kappa shape index (κ2) is 9.20. The van der Waals surface area contributed by atoms with Crippen molar-refractivity contribution in [1.82, 2.24) is 5.32 Å². The van der Waals surface area contributed by atoms with Crippen LogP contribution in [0.4, 0.5) is 11.4 Å². The molecule has 2 N–H and O–H groups in total. The lowest BCUT2D eigenvalue weighted by Gasteiger charge is -2.06. The molecule has 0 bridgehead atoms. The number of hydrogen-bond donors (Lipinski definition) is 2. The predicted octanol–water partition coefficient (Wildman–Crippen LogP) is 3.43. The number of nitrogens with one attached hydrogen (secondary N) is 2. The van der Waals surface area contributed by atoms with Crippen LogP contribution in [-0.4, -0.2) is 17.4 Å². The van der Waals surface area contributed by atoms with E-state index in [4.69, 9.17) is 16.9 Å². The number of halogens is 1. The second-order valence-corrected chi connectivity index (χ2v) is 5.63. The molecule has 26 heavy (non-hydrogen) atoms. The van der Waals surface area contributed by atoms with Gasteiger partial charge in [-0.15, -0.1) is 0 Å². The van der Waals surface area contributed by atoms with E-state index in [-0.39, 0.29) is 11.3 Å². The number of benzene rings is 2. The number of nitro groups is 1. The Kier molecular flexibility index (Phi) is 6.71. The molecule has 0 heterocycles. The van der Waals surface area contributed by atoms with Gasteiger partial charge in [0.25, 0.3) is 11.6 Å². The highest BCUT2D eigenvalue weighted by molar-refractivity contribution is 6.31. The summed E-state index contributed by atoms with van der Waals surface area (Å²) >= 11 is 6.06. The first-order valence-electron chi connectivity index (χ1n) is 7.64. The zero-order chi connectivity index (χ0) is 18.9. The van der Waals surface area contributed by atoms with Crippen LogP contribution in [-0.2, 0) is 11.2 Å². The number of nitriles is 1. The zero-order valence-electron chi connectivity index (χ0n) is 13.6. The summed E-state index contributed by atoms with van der Waals surface area (Å²) in [4.78, 5) is 22.2. The van der Waals surface area contributed by atoms with E-state index in [1.165, 1.54) is 30.5 Å². The van der Waals surface area contributed by atoms with Gasteiger partial charge in [0.2, 0.25) is 0 Å². The molecule has 0 spiro atoms. The molecular formula is C18H15ClN4O3. The maximum Gasteiger partial charge on any atom is 0.269 e. The maximum absolute atomic E-state index is 12.1. The van der Waals surface area contributed by atoms with Gasteiger partial charge in [-0.25, -0.2) is 0 Å². The number of rotatable bonds is 7. The molecule has 0 aliphatic heterocycles. The van der Waals surface area contributed by atoms with Gasteiger partial charge in [0.05, 0.1) is 4.92 Å². The van der Waals surface area contributed by atoms with Crippen LogP contribution < -0.4 is 10.6 Å². The summed E-state index contributed by atoms with van der Waals surface area (Å²) in [5, 5.41) is 25.8. The Balaban J connectivity index is 1.91. The van der Waals surface area contributed by atoms with E-state index >= 15 is 0 Å². The maximum atomic E-state index is 12.1. The molecule has 2 aromatic carbocycles. The van der Waals surface area contributed by atoms with E-state index in [0.29, 0.717) is 23.7 Å². The first-order chi connectivity index (χ1) is 12.5. The molecule has 2 aromatic rings. The van der Waals surface area contributed by atoms with Crippen LogP contribution in [0.1, 0.15) is 5.56 Å². The molecule has 0 saturated carbocycles. The van der Waals surface area contributed by atoms with Crippen LogP contribution in [0.3, 0.4) is 0 Å². The Labute approximate surface area is 155 Å². The fraction of sp³-hybridized carbons (Fsp3) is 0.111. The molecule has 0 fully saturated rings. The predicted molar refractivity (Wildman–Crippen MR) is 98.6 cm³/mol. The van der Waals surface area contributed by atoms with Crippen molar-refractivity contribution in [3.8, 4) is 6.07 Å². The Morgan fingerprint density at radius 3 is 2.54 bits per heavy atom. The van der Waals surface area contributed by atoms with Gasteiger partial charge >= 0.3 is 0 Å². The topological polar surface area (TPSA) is 108 Å². The van der Waals surface area contributed by atoms with Crippen LogP contribution in [0.25, 0.3) is 0 Å². The summed E-state index contributed by atoms with van der Waals surface area (Å²) in [6.07, 6.45) is 1.97. The fourth-order valence-corrected chi connectivity index (χ4v) is 2.33. The lowest BCUT2D eigenvalue weighted by molar-refractivity contribution is -0.384. The van der Waals surface area contributed by atoms with Gasteiger partial charge in [-0.1, -0.05) is 29.8 Å². The van der Waals surface area contributed by atoms with Crippen LogP contribution in [0.5, 0.6) is 0 Å². The molecule has 0 unspecified atom stereocenters. The number of anilines is 1. The molecule has 0 radical (unpaired) electrons. The third-order valence-electron chi connectivity index (χ3n) is 3.44. The molecule has 0 aromatic heterocycles. The summed E-state index contributed by atoms with van der Waals surface area (Å²) in [6, 6.07) is 14.6. The van der Waals surface area contributed by atoms with Crippen LogP contribution in [0, 0.1) is 21.4 Å². The minimum absolute atomic E-state index is 0.0831. The number of hydrogen-bond acceptors (Lipinski definition) is 5. The van der Waals surface area contributed by atoms with E-state index < -0.39 is 10.8 Å². The van der Waals surface area contributed by atoms with E-state index in [1.807, 2.05) is 24.3 Å². The smallest absolute Gasteiger partial charge is 0.269 e. The average Bonchev–Trinajstić information content (AvgIpc) is 2.63. The summed E-state index contributed by atoms with van der Waals surface area (Å²) in [7, 11) is 0. The largest absolute Gasteiger partial charge is 0.389 e. The molecule has 7 nitrogen and oxygen atoms in total. The van der Waals surface area contributed by atoms with E-state index in [9.17, 15) is 14.9 Å². The molecule has 8 heteroatoms. The molecule has 0 aliphatic rings. The molecule has 132 valence electrons. The third kappa shape index (κ3) is 5.33. The van der Waals surface area contributed by atoms with Gasteiger partial charge in [0, 0.05) is 35.6 Å². The van der Waals surface area contributed by atoms with Crippen LogP contribution in [0.2, 0.25) is 5.02 Å². The number of non-ortho nitro benzene ring substituents is 1.